The molecule has 0 spiro atoms. The normalized spacial score (nSPS) is 11.6. The molecule has 148 valence electrons. The molecule has 0 saturated heterocycles. The van der Waals surface area contributed by atoms with Crippen molar-refractivity contribution in [3.63, 3.8) is 0 Å². The van der Waals surface area contributed by atoms with Gasteiger partial charge in [0.2, 0.25) is 0 Å². The lowest BCUT2D eigenvalue weighted by Crippen LogP contribution is -2.10. The molecule has 0 fully saturated rings. The number of H-pyrrole nitrogens is 1. The summed E-state index contributed by atoms with van der Waals surface area (Å²) in [6.07, 6.45) is 0. The van der Waals surface area contributed by atoms with Gasteiger partial charge in [0.05, 0.1) is 18.1 Å². The van der Waals surface area contributed by atoms with E-state index in [4.69, 9.17) is 9.47 Å². The number of rotatable bonds is 5. The Bertz CT molecular complexity index is 1090. The fourth-order valence-electron chi connectivity index (χ4n) is 3.29. The molecule has 4 heteroatoms. The van der Waals surface area contributed by atoms with E-state index in [2.05, 4.69) is 55.0 Å². The van der Waals surface area contributed by atoms with Crippen LogP contribution in [0.1, 0.15) is 31.9 Å². The van der Waals surface area contributed by atoms with E-state index in [1.165, 1.54) is 5.56 Å². The summed E-state index contributed by atoms with van der Waals surface area (Å²) in [6, 6.07) is 22.5. The summed E-state index contributed by atoms with van der Waals surface area (Å²) < 4.78 is 11.6. The van der Waals surface area contributed by atoms with E-state index in [1.54, 1.807) is 7.11 Å². The number of hydrogen-bond donors (Lipinski definition) is 1. The fraction of sp³-hybridized carbons (Fsp3) is 0.240. The van der Waals surface area contributed by atoms with Crippen LogP contribution in [0.2, 0.25) is 0 Å². The van der Waals surface area contributed by atoms with Crippen molar-refractivity contribution in [1.29, 1.82) is 0 Å². The van der Waals surface area contributed by atoms with Crippen LogP contribution < -0.4 is 9.47 Å². The van der Waals surface area contributed by atoms with E-state index >= 15 is 0 Å². The molecule has 4 nitrogen and oxygen atoms in total. The van der Waals surface area contributed by atoms with Crippen molar-refractivity contribution >= 4 is 11.0 Å². The summed E-state index contributed by atoms with van der Waals surface area (Å²) in [5, 5.41) is 0. The third-order valence-electron chi connectivity index (χ3n) is 5.04. The Kier molecular flexibility index (Phi) is 5.01. The van der Waals surface area contributed by atoms with Gasteiger partial charge in [0.15, 0.2) is 11.5 Å². The molecule has 0 atom stereocenters. The number of hydrogen-bond acceptors (Lipinski definition) is 3. The summed E-state index contributed by atoms with van der Waals surface area (Å²) in [5.41, 5.74) is 5.51. The molecule has 0 bridgehead atoms. The quantitative estimate of drug-likeness (QED) is 0.450. The van der Waals surface area contributed by atoms with Gasteiger partial charge in [-0.05, 0) is 46.9 Å². The second-order valence-electron chi connectivity index (χ2n) is 8.20. The molecule has 3 aromatic carbocycles. The lowest BCUT2D eigenvalue weighted by molar-refractivity contribution is 0.284. The van der Waals surface area contributed by atoms with E-state index < -0.39 is 0 Å². The lowest BCUT2D eigenvalue weighted by atomic mass is 9.87. The average molecular weight is 386 g/mol. The highest BCUT2D eigenvalue weighted by Gasteiger charge is 2.14. The van der Waals surface area contributed by atoms with Gasteiger partial charge in [-0.2, -0.15) is 0 Å². The largest absolute Gasteiger partial charge is 0.493 e. The first-order chi connectivity index (χ1) is 13.9. The van der Waals surface area contributed by atoms with Crippen LogP contribution >= 0.6 is 0 Å². The van der Waals surface area contributed by atoms with Crippen LogP contribution in [-0.4, -0.2) is 17.1 Å². The number of aromatic nitrogens is 2. The van der Waals surface area contributed by atoms with Crippen LogP contribution in [0, 0.1) is 0 Å². The zero-order valence-electron chi connectivity index (χ0n) is 17.3. The maximum atomic E-state index is 6.03. The van der Waals surface area contributed by atoms with Gasteiger partial charge in [0.25, 0.3) is 0 Å². The van der Waals surface area contributed by atoms with E-state index in [9.17, 15) is 0 Å². The SMILES string of the molecule is COc1cc(-c2nc3ccccc3[nH]2)ccc1OCc1ccc(C(C)(C)C)cc1. The predicted molar refractivity (Wildman–Crippen MR) is 118 cm³/mol. The first-order valence-corrected chi connectivity index (χ1v) is 9.79. The minimum Gasteiger partial charge on any atom is -0.493 e. The molecular weight excluding hydrogens is 360 g/mol. The zero-order chi connectivity index (χ0) is 20.4. The van der Waals surface area contributed by atoms with Gasteiger partial charge in [-0.1, -0.05) is 57.2 Å². The summed E-state index contributed by atoms with van der Waals surface area (Å²) in [6.45, 7) is 7.14. The highest BCUT2D eigenvalue weighted by molar-refractivity contribution is 5.79. The van der Waals surface area contributed by atoms with Crippen LogP contribution in [0.15, 0.2) is 66.7 Å². The molecule has 0 radical (unpaired) electrons. The van der Waals surface area contributed by atoms with Crippen molar-refractivity contribution in [3.8, 4) is 22.9 Å². The Labute approximate surface area is 171 Å². The number of para-hydroxylation sites is 2. The van der Waals surface area contributed by atoms with Gasteiger partial charge >= 0.3 is 0 Å². The summed E-state index contributed by atoms with van der Waals surface area (Å²) in [7, 11) is 1.66. The average Bonchev–Trinajstić information content (AvgIpc) is 3.16. The maximum absolute atomic E-state index is 6.03. The Balaban J connectivity index is 1.52. The van der Waals surface area contributed by atoms with Crippen LogP contribution in [-0.2, 0) is 12.0 Å². The number of methoxy groups -OCH3 is 1. The monoisotopic (exact) mass is 386 g/mol. The van der Waals surface area contributed by atoms with Crippen LogP contribution in [0.4, 0.5) is 0 Å². The number of nitrogens with zero attached hydrogens (tertiary/aromatic N) is 1. The molecule has 1 aromatic heterocycles. The van der Waals surface area contributed by atoms with E-state index in [-0.39, 0.29) is 5.41 Å². The Morgan fingerprint density at radius 2 is 1.66 bits per heavy atom. The van der Waals surface area contributed by atoms with Gasteiger partial charge in [0.1, 0.15) is 12.4 Å². The van der Waals surface area contributed by atoms with Crippen molar-refractivity contribution in [2.24, 2.45) is 0 Å². The van der Waals surface area contributed by atoms with Crippen molar-refractivity contribution in [1.82, 2.24) is 9.97 Å². The first-order valence-electron chi connectivity index (χ1n) is 9.79. The highest BCUT2D eigenvalue weighted by Crippen LogP contribution is 2.33. The molecule has 0 amide bonds. The highest BCUT2D eigenvalue weighted by atomic mass is 16.5. The van der Waals surface area contributed by atoms with Gasteiger partial charge in [-0.15, -0.1) is 0 Å². The smallest absolute Gasteiger partial charge is 0.161 e. The minimum atomic E-state index is 0.148. The van der Waals surface area contributed by atoms with E-state index in [1.807, 2.05) is 42.5 Å². The molecule has 0 aliphatic rings. The topological polar surface area (TPSA) is 47.1 Å². The van der Waals surface area contributed by atoms with Gasteiger partial charge < -0.3 is 14.5 Å². The standard InChI is InChI=1S/C25H26N2O2/c1-25(2,3)19-12-9-17(10-13-19)16-29-22-14-11-18(15-23(22)28-4)24-26-20-7-5-6-8-21(20)27-24/h5-15H,16H2,1-4H3,(H,26,27). The summed E-state index contributed by atoms with van der Waals surface area (Å²) in [5.74, 6) is 2.22. The number of benzene rings is 3. The van der Waals surface area contributed by atoms with E-state index in [0.717, 1.165) is 28.0 Å². The van der Waals surface area contributed by atoms with Gasteiger partial charge in [0, 0.05) is 5.56 Å². The zero-order valence-corrected chi connectivity index (χ0v) is 17.3. The van der Waals surface area contributed by atoms with Gasteiger partial charge in [-0.3, -0.25) is 0 Å². The Morgan fingerprint density at radius 1 is 0.897 bits per heavy atom. The predicted octanol–water partition coefficient (Wildman–Crippen LogP) is 6.12. The molecule has 0 saturated carbocycles. The minimum absolute atomic E-state index is 0.148. The van der Waals surface area contributed by atoms with Crippen molar-refractivity contribution in [2.75, 3.05) is 7.11 Å². The molecule has 1 heterocycles. The fourth-order valence-corrected chi connectivity index (χ4v) is 3.29. The third kappa shape index (κ3) is 4.11. The molecule has 0 unspecified atom stereocenters. The Hall–Kier alpha value is -3.27. The van der Waals surface area contributed by atoms with Crippen molar-refractivity contribution < 1.29 is 9.47 Å². The number of nitrogens with one attached hydrogen (secondary N) is 1. The first kappa shape index (κ1) is 19.1. The Morgan fingerprint density at radius 3 is 2.34 bits per heavy atom. The molecule has 29 heavy (non-hydrogen) atoms. The molecular formula is C25H26N2O2. The molecule has 0 aliphatic carbocycles. The lowest BCUT2D eigenvalue weighted by Gasteiger charge is -2.19. The van der Waals surface area contributed by atoms with Crippen LogP contribution in [0.5, 0.6) is 11.5 Å². The molecule has 1 N–H and O–H groups in total. The summed E-state index contributed by atoms with van der Waals surface area (Å²) >= 11 is 0. The molecule has 4 rings (SSSR count). The van der Waals surface area contributed by atoms with Gasteiger partial charge in [-0.25, -0.2) is 4.98 Å². The van der Waals surface area contributed by atoms with Crippen LogP contribution in [0.25, 0.3) is 22.4 Å². The number of ether oxygens (including phenoxy) is 2. The maximum Gasteiger partial charge on any atom is 0.161 e. The van der Waals surface area contributed by atoms with Crippen molar-refractivity contribution in [3.05, 3.63) is 77.9 Å². The van der Waals surface area contributed by atoms with E-state index in [0.29, 0.717) is 18.1 Å². The summed E-state index contributed by atoms with van der Waals surface area (Å²) in [4.78, 5) is 8.01. The number of imidazole rings is 1. The second kappa shape index (κ2) is 7.63. The number of fused-ring (bicyclic) bond motifs is 1. The third-order valence-corrected chi connectivity index (χ3v) is 5.04. The number of aromatic amines is 1. The van der Waals surface area contributed by atoms with Crippen LogP contribution in [0.3, 0.4) is 0 Å². The molecule has 4 aromatic rings. The van der Waals surface area contributed by atoms with Crippen molar-refractivity contribution in [2.45, 2.75) is 32.8 Å². The second-order valence-corrected chi connectivity index (χ2v) is 8.20. The molecule has 0 aliphatic heterocycles.